The van der Waals surface area contributed by atoms with E-state index in [0.29, 0.717) is 29.8 Å². The van der Waals surface area contributed by atoms with Crippen LogP contribution in [0.25, 0.3) is 33.9 Å². The van der Waals surface area contributed by atoms with Gasteiger partial charge in [-0.2, -0.15) is 0 Å². The van der Waals surface area contributed by atoms with Crippen molar-refractivity contribution in [3.8, 4) is 39.8 Å². The van der Waals surface area contributed by atoms with Gasteiger partial charge in [0.15, 0.2) is 11.7 Å². The molecule has 0 aromatic heterocycles. The van der Waals surface area contributed by atoms with Crippen molar-refractivity contribution >= 4 is 11.7 Å². The lowest BCUT2D eigenvalue weighted by molar-refractivity contribution is 0.412. The third kappa shape index (κ3) is 6.35. The van der Waals surface area contributed by atoms with Gasteiger partial charge in [0.1, 0.15) is 46.5 Å². The van der Waals surface area contributed by atoms with Crippen molar-refractivity contribution in [3.63, 3.8) is 0 Å². The molecule has 0 spiro atoms. The summed E-state index contributed by atoms with van der Waals surface area (Å²) in [6.45, 7) is 1.67. The van der Waals surface area contributed by atoms with Crippen LogP contribution in [0.1, 0.15) is 27.8 Å². The van der Waals surface area contributed by atoms with Crippen molar-refractivity contribution in [1.29, 1.82) is 0 Å². The minimum absolute atomic E-state index is 0.0369. The smallest absolute Gasteiger partial charge is 0.172 e. The molecule has 0 bridgehead atoms. The summed E-state index contributed by atoms with van der Waals surface area (Å²) >= 11 is 0. The van der Waals surface area contributed by atoms with Crippen LogP contribution >= 0.6 is 0 Å². The molecule has 0 amide bonds. The average molecular weight is 639 g/mol. The van der Waals surface area contributed by atoms with Crippen molar-refractivity contribution < 1.29 is 44.3 Å². The van der Waals surface area contributed by atoms with Crippen LogP contribution in [0, 0.1) is 59.5 Å². The van der Waals surface area contributed by atoms with E-state index >= 15 is 22.0 Å². The van der Waals surface area contributed by atoms with Crippen molar-refractivity contribution in [2.24, 2.45) is 0 Å². The highest BCUT2D eigenvalue weighted by molar-refractivity contribution is 5.85. The molecule has 1 nitrogen and oxygen atoms in total. The number of benzene rings is 5. The lowest BCUT2D eigenvalue weighted by atomic mass is 9.97. The van der Waals surface area contributed by atoms with Gasteiger partial charge in [-0.3, -0.25) is 0 Å². The van der Waals surface area contributed by atoms with Gasteiger partial charge >= 0.3 is 0 Å². The van der Waals surface area contributed by atoms with Crippen LogP contribution in [0.5, 0.6) is 5.75 Å². The van der Waals surface area contributed by atoms with E-state index in [2.05, 4.69) is 11.8 Å². The number of halogens is 9. The molecule has 5 rings (SSSR count). The van der Waals surface area contributed by atoms with E-state index in [0.717, 1.165) is 24.3 Å². The van der Waals surface area contributed by atoms with Crippen LogP contribution in [0.4, 0.5) is 39.5 Å². The normalized spacial score (nSPS) is 11.5. The van der Waals surface area contributed by atoms with Crippen LogP contribution in [0.3, 0.4) is 0 Å². The monoisotopic (exact) mass is 638 g/mol. The molecule has 0 aliphatic carbocycles. The zero-order valence-electron chi connectivity index (χ0n) is 23.8. The molecule has 232 valence electrons. The molecular weight excluding hydrogens is 619 g/mol. The first-order chi connectivity index (χ1) is 21.9. The van der Waals surface area contributed by atoms with Gasteiger partial charge in [0, 0.05) is 16.7 Å². The Bertz CT molecular complexity index is 2060. The lowest BCUT2D eigenvalue weighted by Crippen LogP contribution is -2.00. The van der Waals surface area contributed by atoms with Crippen LogP contribution in [0.15, 0.2) is 78.9 Å². The fourth-order valence-electron chi connectivity index (χ4n) is 4.70. The Morgan fingerprint density at radius 3 is 1.63 bits per heavy atom. The molecular formula is C36H19F9O. The zero-order chi connectivity index (χ0) is 33.3. The van der Waals surface area contributed by atoms with Crippen LogP contribution in [-0.2, 0) is 0 Å². The van der Waals surface area contributed by atoms with Gasteiger partial charge in [0.05, 0.1) is 23.8 Å². The van der Waals surface area contributed by atoms with E-state index in [1.807, 2.05) is 0 Å². The number of rotatable bonds is 5. The van der Waals surface area contributed by atoms with Gasteiger partial charge in [-0.05, 0) is 78.2 Å². The highest BCUT2D eigenvalue weighted by atomic mass is 19.2. The predicted molar refractivity (Wildman–Crippen MR) is 156 cm³/mol. The maximum Gasteiger partial charge on any atom is 0.172 e. The first-order valence-electron chi connectivity index (χ1n) is 13.3. The number of methoxy groups -OCH3 is 1. The van der Waals surface area contributed by atoms with Crippen LogP contribution < -0.4 is 4.74 Å². The molecule has 5 aromatic rings. The standard InChI is InChI=1S/C36H19F9O/c1-18-3-8-24(26(38)11-18)20-6-9-25(27(39)15-20)22-16-30(42)34(31(43)17-22)36(45)35(44)33-28(40)12-19(13-29(33)41)4-5-21-14-23(37)7-10-32(21)46-2/h3,6-17H,1-2H3/b36-35+. The van der Waals surface area contributed by atoms with Gasteiger partial charge in [-0.1, -0.05) is 36.1 Å². The van der Waals surface area contributed by atoms with E-state index < -0.39 is 69.1 Å². The Kier molecular flexibility index (Phi) is 8.96. The maximum absolute atomic E-state index is 15.1. The van der Waals surface area contributed by atoms with Crippen LogP contribution in [-0.4, -0.2) is 7.11 Å². The molecule has 0 aliphatic rings. The summed E-state index contributed by atoms with van der Waals surface area (Å²) in [4.78, 5) is 0. The zero-order valence-corrected chi connectivity index (χ0v) is 23.8. The molecule has 0 atom stereocenters. The summed E-state index contributed by atoms with van der Waals surface area (Å²) in [6.07, 6.45) is 0. The lowest BCUT2D eigenvalue weighted by Gasteiger charge is -2.11. The second-order valence-electron chi connectivity index (χ2n) is 10.0. The minimum Gasteiger partial charge on any atom is -0.495 e. The molecule has 0 radical (unpaired) electrons. The van der Waals surface area contributed by atoms with Gasteiger partial charge in [0.25, 0.3) is 0 Å². The quantitative estimate of drug-likeness (QED) is 0.106. The number of hydrogen-bond donors (Lipinski definition) is 0. The molecule has 0 fully saturated rings. The fraction of sp³-hybridized carbons (Fsp3) is 0.0556. The van der Waals surface area contributed by atoms with Crippen molar-refractivity contribution in [2.75, 3.05) is 7.11 Å². The summed E-state index contributed by atoms with van der Waals surface area (Å²) in [6, 6.07) is 13.2. The first-order valence-corrected chi connectivity index (χ1v) is 13.3. The van der Waals surface area contributed by atoms with Crippen molar-refractivity contribution in [1.82, 2.24) is 0 Å². The largest absolute Gasteiger partial charge is 0.495 e. The number of ether oxygens (including phenoxy) is 1. The molecule has 5 aromatic carbocycles. The third-order valence-corrected chi connectivity index (χ3v) is 6.93. The topological polar surface area (TPSA) is 9.23 Å². The summed E-state index contributed by atoms with van der Waals surface area (Å²) in [5, 5.41) is 0. The van der Waals surface area contributed by atoms with Crippen molar-refractivity contribution in [3.05, 3.63) is 147 Å². The minimum atomic E-state index is -2.26. The van der Waals surface area contributed by atoms with E-state index in [9.17, 15) is 17.6 Å². The van der Waals surface area contributed by atoms with Gasteiger partial charge < -0.3 is 4.74 Å². The molecule has 0 N–H and O–H groups in total. The Morgan fingerprint density at radius 1 is 0.543 bits per heavy atom. The highest BCUT2D eigenvalue weighted by Crippen LogP contribution is 2.37. The summed E-state index contributed by atoms with van der Waals surface area (Å²) in [5.74, 6) is -8.47. The second kappa shape index (κ2) is 12.9. The van der Waals surface area contributed by atoms with Gasteiger partial charge in [-0.25, -0.2) is 39.5 Å². The Labute approximate surface area is 257 Å². The molecule has 46 heavy (non-hydrogen) atoms. The first kappa shape index (κ1) is 32.0. The average Bonchev–Trinajstić information content (AvgIpc) is 2.99. The summed E-state index contributed by atoms with van der Waals surface area (Å²) < 4.78 is 138. The molecule has 0 saturated carbocycles. The second-order valence-corrected chi connectivity index (χ2v) is 10.0. The molecule has 0 saturated heterocycles. The number of aryl methyl sites for hydroxylation is 1. The SMILES string of the molecule is COc1ccc(F)cc1C#Cc1cc(F)c(/C(F)=C(\F)c2c(F)cc(-c3ccc(-c4ccc(C)cc4F)cc3F)cc2F)c(F)c1. The molecule has 0 unspecified atom stereocenters. The van der Waals surface area contributed by atoms with Crippen LogP contribution in [0.2, 0.25) is 0 Å². The summed E-state index contributed by atoms with van der Waals surface area (Å²) in [5.41, 5.74) is -3.34. The van der Waals surface area contributed by atoms with E-state index in [-0.39, 0.29) is 33.6 Å². The predicted octanol–water partition coefficient (Wildman–Crippen LogP) is 10.5. The Balaban J connectivity index is 1.48. The van der Waals surface area contributed by atoms with E-state index in [1.54, 1.807) is 13.0 Å². The summed E-state index contributed by atoms with van der Waals surface area (Å²) in [7, 11) is 1.29. The van der Waals surface area contributed by atoms with Gasteiger partial charge in [0.2, 0.25) is 0 Å². The highest BCUT2D eigenvalue weighted by Gasteiger charge is 2.26. The Morgan fingerprint density at radius 2 is 1.07 bits per heavy atom. The number of hydrogen-bond acceptors (Lipinski definition) is 1. The fourth-order valence-corrected chi connectivity index (χ4v) is 4.70. The molecule has 0 heterocycles. The third-order valence-electron chi connectivity index (χ3n) is 6.93. The van der Waals surface area contributed by atoms with E-state index in [4.69, 9.17) is 4.74 Å². The van der Waals surface area contributed by atoms with Crippen molar-refractivity contribution in [2.45, 2.75) is 6.92 Å². The van der Waals surface area contributed by atoms with Gasteiger partial charge in [-0.15, -0.1) is 0 Å². The Hall–Kier alpha value is -5.43. The van der Waals surface area contributed by atoms with E-state index in [1.165, 1.54) is 31.4 Å². The molecule has 0 aliphatic heterocycles. The maximum atomic E-state index is 15.1. The molecule has 10 heteroatoms.